The maximum Gasteiger partial charge on any atom is 0.251 e. The molecular weight excluding hydrogens is 394 g/mol. The van der Waals surface area contributed by atoms with Crippen LogP contribution in [0.4, 0.5) is 0 Å². The van der Waals surface area contributed by atoms with Crippen LogP contribution in [0.2, 0.25) is 0 Å². The van der Waals surface area contributed by atoms with Crippen molar-refractivity contribution in [2.75, 3.05) is 26.8 Å². The Morgan fingerprint density at radius 1 is 1.10 bits per heavy atom. The first-order valence-electron chi connectivity index (χ1n) is 9.78. The van der Waals surface area contributed by atoms with Gasteiger partial charge in [-0.25, -0.2) is 8.42 Å². The molecule has 1 aromatic rings. The third kappa shape index (κ3) is 6.80. The fraction of sp³-hybridized carbons (Fsp3) is 0.600. The van der Waals surface area contributed by atoms with Gasteiger partial charge >= 0.3 is 0 Å². The number of sulfonamides is 1. The molecule has 2 atom stereocenters. The van der Waals surface area contributed by atoms with Gasteiger partial charge in [0.25, 0.3) is 5.91 Å². The van der Waals surface area contributed by atoms with Crippen molar-refractivity contribution in [1.29, 1.82) is 0 Å². The Bertz CT molecular complexity index is 791. The lowest BCUT2D eigenvalue weighted by Gasteiger charge is -2.24. The molecule has 1 unspecified atom stereocenters. The zero-order chi connectivity index (χ0) is 22.2. The summed E-state index contributed by atoms with van der Waals surface area (Å²) in [6, 6.07) is 4.89. The van der Waals surface area contributed by atoms with Crippen LogP contribution in [-0.2, 0) is 19.6 Å². The molecule has 1 rings (SSSR count). The minimum Gasteiger partial charge on any atom is -0.383 e. The van der Waals surface area contributed by atoms with E-state index in [0.717, 1.165) is 0 Å². The van der Waals surface area contributed by atoms with Crippen LogP contribution in [0.5, 0.6) is 0 Å². The Balaban J connectivity index is 3.04. The molecule has 0 aromatic heterocycles. The molecule has 164 valence electrons. The highest BCUT2D eigenvalue weighted by atomic mass is 32.2. The second-order valence-electron chi connectivity index (χ2n) is 7.18. The first kappa shape index (κ1) is 25.1. The summed E-state index contributed by atoms with van der Waals surface area (Å²) in [4.78, 5) is 25.3. The predicted molar refractivity (Wildman–Crippen MR) is 112 cm³/mol. The summed E-state index contributed by atoms with van der Waals surface area (Å²) >= 11 is 0. The van der Waals surface area contributed by atoms with Gasteiger partial charge in [-0.2, -0.15) is 4.31 Å². The van der Waals surface area contributed by atoms with E-state index in [-0.39, 0.29) is 28.3 Å². The van der Waals surface area contributed by atoms with Crippen molar-refractivity contribution in [2.24, 2.45) is 5.92 Å². The van der Waals surface area contributed by atoms with Gasteiger partial charge in [-0.15, -0.1) is 0 Å². The third-order valence-electron chi connectivity index (χ3n) is 4.48. The molecule has 0 aliphatic heterocycles. The molecule has 0 aliphatic rings. The molecule has 8 nitrogen and oxygen atoms in total. The van der Waals surface area contributed by atoms with Crippen LogP contribution in [0, 0.1) is 5.92 Å². The zero-order valence-electron chi connectivity index (χ0n) is 18.1. The number of hydrogen-bond donors (Lipinski definition) is 2. The van der Waals surface area contributed by atoms with Crippen molar-refractivity contribution in [3.63, 3.8) is 0 Å². The lowest BCUT2D eigenvalue weighted by Crippen LogP contribution is -2.52. The smallest absolute Gasteiger partial charge is 0.251 e. The molecule has 0 radical (unpaired) electrons. The lowest BCUT2D eigenvalue weighted by atomic mass is 10.0. The number of benzene rings is 1. The summed E-state index contributed by atoms with van der Waals surface area (Å²) < 4.78 is 31.8. The number of rotatable bonds is 11. The second-order valence-corrected chi connectivity index (χ2v) is 9.12. The molecule has 0 aliphatic carbocycles. The molecule has 29 heavy (non-hydrogen) atoms. The van der Waals surface area contributed by atoms with Crippen LogP contribution in [0.15, 0.2) is 29.2 Å². The topological polar surface area (TPSA) is 105 Å². The Labute approximate surface area is 174 Å². The highest BCUT2D eigenvalue weighted by Crippen LogP contribution is 2.17. The molecule has 0 heterocycles. The highest BCUT2D eigenvalue weighted by molar-refractivity contribution is 7.89. The first-order valence-corrected chi connectivity index (χ1v) is 11.2. The van der Waals surface area contributed by atoms with E-state index in [1.54, 1.807) is 21.0 Å². The molecule has 0 saturated carbocycles. The summed E-state index contributed by atoms with van der Waals surface area (Å²) in [5.74, 6) is -0.976. The number of hydrogen-bond acceptors (Lipinski definition) is 5. The molecule has 0 spiro atoms. The summed E-state index contributed by atoms with van der Waals surface area (Å²) in [6.45, 7) is 10.0. The first-order chi connectivity index (χ1) is 13.6. The van der Waals surface area contributed by atoms with Crippen LogP contribution >= 0.6 is 0 Å². The van der Waals surface area contributed by atoms with Crippen molar-refractivity contribution in [3.8, 4) is 0 Å². The van der Waals surface area contributed by atoms with Crippen LogP contribution in [-0.4, -0.2) is 63.4 Å². The van der Waals surface area contributed by atoms with Gasteiger partial charge in [0, 0.05) is 31.8 Å². The maximum atomic E-state index is 12.7. The Morgan fingerprint density at radius 2 is 1.72 bits per heavy atom. The molecular formula is C20H33N3O5S. The van der Waals surface area contributed by atoms with Crippen LogP contribution in [0.25, 0.3) is 0 Å². The Morgan fingerprint density at radius 3 is 2.24 bits per heavy atom. The van der Waals surface area contributed by atoms with E-state index in [1.165, 1.54) is 28.6 Å². The number of carbonyl (C=O) groups excluding carboxylic acids is 2. The van der Waals surface area contributed by atoms with Crippen LogP contribution in [0.1, 0.15) is 45.0 Å². The van der Waals surface area contributed by atoms with E-state index in [1.807, 2.05) is 20.8 Å². The van der Waals surface area contributed by atoms with Gasteiger partial charge in [0.1, 0.15) is 6.04 Å². The Hall–Kier alpha value is -1.97. The second kappa shape index (κ2) is 11.3. The van der Waals surface area contributed by atoms with Gasteiger partial charge in [-0.3, -0.25) is 9.59 Å². The van der Waals surface area contributed by atoms with Crippen LogP contribution < -0.4 is 10.6 Å². The van der Waals surface area contributed by atoms with Crippen molar-refractivity contribution in [1.82, 2.24) is 14.9 Å². The van der Waals surface area contributed by atoms with Gasteiger partial charge in [-0.05, 0) is 31.0 Å². The predicted octanol–water partition coefficient (Wildman–Crippen LogP) is 1.62. The fourth-order valence-electron chi connectivity index (χ4n) is 2.89. The molecule has 0 bridgehead atoms. The SMILES string of the molecule is CCN(CC)S(=O)(=O)c1cccc(C(=O)N[C@H](C(=O)NC(C)COC)C(C)C)c1. The number of ether oxygens (including phenoxy) is 1. The van der Waals surface area contributed by atoms with Crippen molar-refractivity contribution < 1.29 is 22.7 Å². The average molecular weight is 428 g/mol. The normalized spacial score (nSPS) is 13.9. The molecule has 1 aromatic carbocycles. The summed E-state index contributed by atoms with van der Waals surface area (Å²) in [5.41, 5.74) is 0.182. The standard InChI is InChI=1S/C20H33N3O5S/c1-7-23(8-2)29(26,27)17-11-9-10-16(12-17)19(24)22-18(14(3)4)20(25)21-15(5)13-28-6/h9-12,14-15,18H,7-8,13H2,1-6H3,(H,21,25)(H,22,24)/t15?,18-/m0/s1. The van der Waals surface area contributed by atoms with Gasteiger partial charge in [-0.1, -0.05) is 33.8 Å². The monoisotopic (exact) mass is 427 g/mol. The van der Waals surface area contributed by atoms with Gasteiger partial charge < -0.3 is 15.4 Å². The number of amides is 2. The quantitative estimate of drug-likeness (QED) is 0.558. The van der Waals surface area contributed by atoms with E-state index >= 15 is 0 Å². The maximum absolute atomic E-state index is 12.7. The van der Waals surface area contributed by atoms with E-state index in [2.05, 4.69) is 10.6 Å². The van der Waals surface area contributed by atoms with Crippen molar-refractivity contribution in [3.05, 3.63) is 29.8 Å². The van der Waals surface area contributed by atoms with E-state index in [0.29, 0.717) is 19.7 Å². The van der Waals surface area contributed by atoms with Gasteiger partial charge in [0.05, 0.1) is 11.5 Å². The minimum absolute atomic E-state index is 0.0492. The zero-order valence-corrected chi connectivity index (χ0v) is 18.9. The molecule has 0 saturated heterocycles. The van der Waals surface area contributed by atoms with Gasteiger partial charge in [0.2, 0.25) is 15.9 Å². The number of nitrogens with zero attached hydrogens (tertiary/aromatic N) is 1. The largest absolute Gasteiger partial charge is 0.383 e. The number of methoxy groups -OCH3 is 1. The molecule has 2 amide bonds. The minimum atomic E-state index is -3.68. The highest BCUT2D eigenvalue weighted by Gasteiger charge is 2.27. The van der Waals surface area contributed by atoms with E-state index < -0.39 is 22.0 Å². The molecule has 2 N–H and O–H groups in total. The Kier molecular flexibility index (Phi) is 9.75. The molecule has 0 fully saturated rings. The summed E-state index contributed by atoms with van der Waals surface area (Å²) in [5, 5.41) is 5.52. The number of carbonyl (C=O) groups is 2. The summed E-state index contributed by atoms with van der Waals surface area (Å²) in [7, 11) is -2.14. The third-order valence-corrected chi connectivity index (χ3v) is 6.53. The average Bonchev–Trinajstić information content (AvgIpc) is 2.66. The summed E-state index contributed by atoms with van der Waals surface area (Å²) in [6.07, 6.45) is 0. The van der Waals surface area contributed by atoms with Gasteiger partial charge in [0.15, 0.2) is 0 Å². The molecule has 9 heteroatoms. The number of nitrogens with one attached hydrogen (secondary N) is 2. The van der Waals surface area contributed by atoms with Crippen LogP contribution in [0.3, 0.4) is 0 Å². The fourth-order valence-corrected chi connectivity index (χ4v) is 4.40. The van der Waals surface area contributed by atoms with Crippen molar-refractivity contribution in [2.45, 2.75) is 51.6 Å². The van der Waals surface area contributed by atoms with Crippen molar-refractivity contribution >= 4 is 21.8 Å². The lowest BCUT2D eigenvalue weighted by molar-refractivity contribution is -0.124. The van der Waals surface area contributed by atoms with E-state index in [9.17, 15) is 18.0 Å². The van der Waals surface area contributed by atoms with E-state index in [4.69, 9.17) is 4.74 Å².